The maximum Gasteiger partial charge on any atom is 0.407 e. The van der Waals surface area contributed by atoms with Crippen LogP contribution >= 0.6 is 0 Å². The van der Waals surface area contributed by atoms with Crippen LogP contribution in [0.15, 0.2) is 0 Å². The van der Waals surface area contributed by atoms with Crippen molar-refractivity contribution in [1.82, 2.24) is 5.32 Å². The number of hydrogen-bond donors (Lipinski definition) is 1. The lowest BCUT2D eigenvalue weighted by Gasteiger charge is -2.29. The Labute approximate surface area is 103 Å². The standard InChI is InChI=1S/C13H23NO3/c1-9(15)10-6-5-7-11(8-10)14-12(16)17-13(2,3)4/h10-11H,5-8H2,1-4H3,(H,14,16)/t10-,11+/m1/s1. The van der Waals surface area contributed by atoms with Crippen LogP contribution in [0.1, 0.15) is 53.4 Å². The number of ether oxygens (including phenoxy) is 1. The first-order valence-electron chi connectivity index (χ1n) is 6.28. The zero-order chi connectivity index (χ0) is 13.1. The van der Waals surface area contributed by atoms with Crippen LogP contribution in [0.4, 0.5) is 4.79 Å². The second kappa shape index (κ2) is 5.52. The predicted molar refractivity (Wildman–Crippen MR) is 65.8 cm³/mol. The molecule has 0 aromatic rings. The molecule has 0 aromatic carbocycles. The Morgan fingerprint density at radius 3 is 2.41 bits per heavy atom. The monoisotopic (exact) mass is 241 g/mol. The number of carbonyl (C=O) groups is 2. The van der Waals surface area contributed by atoms with Gasteiger partial charge in [0.15, 0.2) is 0 Å². The number of amides is 1. The van der Waals surface area contributed by atoms with E-state index in [2.05, 4.69) is 5.32 Å². The predicted octanol–water partition coefficient (Wildman–Crippen LogP) is 2.66. The quantitative estimate of drug-likeness (QED) is 0.808. The number of alkyl carbamates (subject to hydrolysis) is 1. The molecule has 1 aliphatic rings. The smallest absolute Gasteiger partial charge is 0.407 e. The maximum atomic E-state index is 11.6. The Bertz CT molecular complexity index is 294. The molecule has 0 bridgehead atoms. The Hall–Kier alpha value is -1.06. The van der Waals surface area contributed by atoms with Gasteiger partial charge in [0.05, 0.1) is 0 Å². The van der Waals surface area contributed by atoms with E-state index < -0.39 is 5.60 Å². The van der Waals surface area contributed by atoms with E-state index in [1.165, 1.54) is 0 Å². The molecule has 1 N–H and O–H groups in total. The third kappa shape index (κ3) is 5.20. The van der Waals surface area contributed by atoms with Gasteiger partial charge in [-0.2, -0.15) is 0 Å². The van der Waals surface area contributed by atoms with Gasteiger partial charge in [0.2, 0.25) is 0 Å². The molecule has 17 heavy (non-hydrogen) atoms. The zero-order valence-electron chi connectivity index (χ0n) is 11.2. The molecular weight excluding hydrogens is 218 g/mol. The Balaban J connectivity index is 2.41. The van der Waals surface area contributed by atoms with Crippen molar-refractivity contribution in [1.29, 1.82) is 0 Å². The van der Waals surface area contributed by atoms with Gasteiger partial charge >= 0.3 is 6.09 Å². The number of ketones is 1. The molecule has 1 aliphatic carbocycles. The van der Waals surface area contributed by atoms with Gasteiger partial charge in [-0.3, -0.25) is 4.79 Å². The third-order valence-corrected chi connectivity index (χ3v) is 2.97. The lowest BCUT2D eigenvalue weighted by molar-refractivity contribution is -0.121. The second-order valence-corrected chi connectivity index (χ2v) is 5.82. The normalized spacial score (nSPS) is 25.2. The maximum absolute atomic E-state index is 11.6. The van der Waals surface area contributed by atoms with Crippen LogP contribution in [-0.4, -0.2) is 23.5 Å². The van der Waals surface area contributed by atoms with Gasteiger partial charge in [0, 0.05) is 12.0 Å². The average Bonchev–Trinajstić information content (AvgIpc) is 2.14. The first-order valence-corrected chi connectivity index (χ1v) is 6.28. The van der Waals surface area contributed by atoms with Gasteiger partial charge in [0.1, 0.15) is 11.4 Å². The topological polar surface area (TPSA) is 55.4 Å². The van der Waals surface area contributed by atoms with Gasteiger partial charge < -0.3 is 10.1 Å². The van der Waals surface area contributed by atoms with E-state index in [-0.39, 0.29) is 23.8 Å². The third-order valence-electron chi connectivity index (χ3n) is 2.97. The van der Waals surface area contributed by atoms with Crippen molar-refractivity contribution in [3.8, 4) is 0 Å². The van der Waals surface area contributed by atoms with E-state index >= 15 is 0 Å². The average molecular weight is 241 g/mol. The minimum Gasteiger partial charge on any atom is -0.444 e. The highest BCUT2D eigenvalue weighted by atomic mass is 16.6. The summed E-state index contributed by atoms with van der Waals surface area (Å²) in [7, 11) is 0. The summed E-state index contributed by atoms with van der Waals surface area (Å²) in [5.41, 5.74) is -0.473. The van der Waals surface area contributed by atoms with E-state index in [1.807, 2.05) is 20.8 Å². The van der Waals surface area contributed by atoms with Gasteiger partial charge in [-0.1, -0.05) is 6.42 Å². The van der Waals surface area contributed by atoms with Crippen molar-refractivity contribution in [2.75, 3.05) is 0 Å². The van der Waals surface area contributed by atoms with E-state index in [4.69, 9.17) is 4.74 Å². The van der Waals surface area contributed by atoms with E-state index in [9.17, 15) is 9.59 Å². The number of hydrogen-bond acceptors (Lipinski definition) is 3. The van der Waals surface area contributed by atoms with Crippen LogP contribution in [0.5, 0.6) is 0 Å². The molecular formula is C13H23NO3. The minimum atomic E-state index is -0.473. The van der Waals surface area contributed by atoms with Crippen molar-refractivity contribution in [2.45, 2.75) is 65.0 Å². The first kappa shape index (κ1) is 14.0. The molecule has 0 aromatic heterocycles. The van der Waals surface area contributed by atoms with Crippen LogP contribution in [0.2, 0.25) is 0 Å². The summed E-state index contributed by atoms with van der Waals surface area (Å²) in [4.78, 5) is 22.9. The summed E-state index contributed by atoms with van der Waals surface area (Å²) in [6.07, 6.45) is 3.23. The van der Waals surface area contributed by atoms with E-state index in [0.29, 0.717) is 0 Å². The number of Topliss-reactive ketones (excluding diaryl/α,β-unsaturated/α-hetero) is 1. The Morgan fingerprint density at radius 1 is 1.24 bits per heavy atom. The summed E-state index contributed by atoms with van der Waals surface area (Å²) < 4.78 is 5.20. The van der Waals surface area contributed by atoms with Crippen molar-refractivity contribution in [2.24, 2.45) is 5.92 Å². The highest BCUT2D eigenvalue weighted by molar-refractivity contribution is 5.78. The van der Waals surface area contributed by atoms with E-state index in [0.717, 1.165) is 25.7 Å². The van der Waals surface area contributed by atoms with Crippen molar-refractivity contribution in [3.05, 3.63) is 0 Å². The fourth-order valence-electron chi connectivity index (χ4n) is 2.16. The summed E-state index contributed by atoms with van der Waals surface area (Å²) in [6.45, 7) is 7.14. The van der Waals surface area contributed by atoms with Crippen LogP contribution in [-0.2, 0) is 9.53 Å². The summed E-state index contributed by atoms with van der Waals surface area (Å²) >= 11 is 0. The van der Waals surface area contributed by atoms with Crippen molar-refractivity contribution in [3.63, 3.8) is 0 Å². The highest BCUT2D eigenvalue weighted by Gasteiger charge is 2.27. The molecule has 0 spiro atoms. The number of nitrogens with one attached hydrogen (secondary N) is 1. The van der Waals surface area contributed by atoms with Crippen LogP contribution in [0.25, 0.3) is 0 Å². The number of carbonyl (C=O) groups excluding carboxylic acids is 2. The lowest BCUT2D eigenvalue weighted by Crippen LogP contribution is -2.42. The van der Waals surface area contributed by atoms with Gasteiger partial charge in [0.25, 0.3) is 0 Å². The molecule has 0 saturated heterocycles. The molecule has 0 radical (unpaired) electrons. The molecule has 0 heterocycles. The largest absolute Gasteiger partial charge is 0.444 e. The Morgan fingerprint density at radius 2 is 1.88 bits per heavy atom. The highest BCUT2D eigenvalue weighted by Crippen LogP contribution is 2.25. The van der Waals surface area contributed by atoms with Crippen LogP contribution < -0.4 is 5.32 Å². The Kier molecular flexibility index (Phi) is 4.54. The fraction of sp³-hybridized carbons (Fsp3) is 0.846. The van der Waals surface area contributed by atoms with E-state index in [1.54, 1.807) is 6.92 Å². The summed E-state index contributed by atoms with van der Waals surface area (Å²) in [5, 5.41) is 2.85. The molecule has 1 amide bonds. The lowest BCUT2D eigenvalue weighted by atomic mass is 9.83. The summed E-state index contributed by atoms with van der Waals surface area (Å²) in [5.74, 6) is 0.323. The van der Waals surface area contributed by atoms with Crippen LogP contribution in [0.3, 0.4) is 0 Å². The zero-order valence-corrected chi connectivity index (χ0v) is 11.2. The first-order chi connectivity index (χ1) is 7.78. The fourth-order valence-corrected chi connectivity index (χ4v) is 2.16. The summed E-state index contributed by atoms with van der Waals surface area (Å²) in [6, 6.07) is 0.0764. The molecule has 4 heteroatoms. The second-order valence-electron chi connectivity index (χ2n) is 5.82. The molecule has 0 aliphatic heterocycles. The van der Waals surface area contributed by atoms with Gasteiger partial charge in [-0.05, 0) is 47.0 Å². The van der Waals surface area contributed by atoms with Gasteiger partial charge in [-0.25, -0.2) is 4.79 Å². The molecule has 0 unspecified atom stereocenters. The molecule has 1 saturated carbocycles. The van der Waals surface area contributed by atoms with Crippen molar-refractivity contribution >= 4 is 11.9 Å². The van der Waals surface area contributed by atoms with Gasteiger partial charge in [-0.15, -0.1) is 0 Å². The molecule has 98 valence electrons. The number of rotatable bonds is 2. The minimum absolute atomic E-state index is 0.0764. The molecule has 2 atom stereocenters. The molecule has 1 rings (SSSR count). The van der Waals surface area contributed by atoms with Crippen LogP contribution in [0, 0.1) is 5.92 Å². The SMILES string of the molecule is CC(=O)[C@@H]1CCC[C@H](NC(=O)OC(C)(C)C)C1. The molecule has 4 nitrogen and oxygen atoms in total. The van der Waals surface area contributed by atoms with Crippen molar-refractivity contribution < 1.29 is 14.3 Å². The molecule has 1 fully saturated rings.